The van der Waals surface area contributed by atoms with E-state index in [1.54, 1.807) is 11.8 Å². The first kappa shape index (κ1) is 18.5. The van der Waals surface area contributed by atoms with Crippen LogP contribution in [0.25, 0.3) is 10.9 Å². The van der Waals surface area contributed by atoms with Gasteiger partial charge in [-0.3, -0.25) is 9.59 Å². The van der Waals surface area contributed by atoms with Crippen molar-refractivity contribution in [1.29, 1.82) is 0 Å². The van der Waals surface area contributed by atoms with Crippen molar-refractivity contribution in [3.8, 4) is 0 Å². The van der Waals surface area contributed by atoms with Crippen LogP contribution in [0.3, 0.4) is 0 Å². The van der Waals surface area contributed by atoms with Crippen LogP contribution in [0.1, 0.15) is 32.3 Å². The summed E-state index contributed by atoms with van der Waals surface area (Å²) in [4.78, 5) is 32.1. The summed E-state index contributed by atoms with van der Waals surface area (Å²) in [5.41, 5.74) is 7.41. The number of nitrogens with zero attached hydrogens (tertiary/aromatic N) is 2. The third kappa shape index (κ3) is 3.75. The lowest BCUT2D eigenvalue weighted by atomic mass is 9.95. The van der Waals surface area contributed by atoms with Crippen LogP contribution < -0.4 is 5.73 Å². The lowest BCUT2D eigenvalue weighted by Crippen LogP contribution is -2.58. The number of rotatable bonds is 5. The van der Waals surface area contributed by atoms with Gasteiger partial charge in [0.05, 0.1) is 12.0 Å². The number of hydrogen-bond acceptors (Lipinski definition) is 3. The van der Waals surface area contributed by atoms with E-state index in [0.29, 0.717) is 39.0 Å². The summed E-state index contributed by atoms with van der Waals surface area (Å²) >= 11 is 0. The van der Waals surface area contributed by atoms with Gasteiger partial charge in [0.15, 0.2) is 0 Å². The molecule has 1 saturated heterocycles. The minimum absolute atomic E-state index is 0.0110. The zero-order valence-electron chi connectivity index (χ0n) is 15.6. The number of nitrogens with two attached hydrogens (primary N) is 1. The molecule has 0 aliphatic carbocycles. The number of H-pyrrole nitrogens is 1. The molecule has 6 nitrogen and oxygen atoms in total. The molecule has 3 N–H and O–H groups in total. The topological polar surface area (TPSA) is 82.4 Å². The Balaban J connectivity index is 1.58. The van der Waals surface area contributed by atoms with Gasteiger partial charge in [-0.15, -0.1) is 0 Å². The monoisotopic (exact) mass is 356 g/mol. The Bertz CT molecular complexity index is 788. The largest absolute Gasteiger partial charge is 0.361 e. The van der Waals surface area contributed by atoms with Crippen LogP contribution in [0.4, 0.5) is 0 Å². The molecule has 1 aliphatic rings. The molecule has 1 fully saturated rings. The highest BCUT2D eigenvalue weighted by molar-refractivity contribution is 5.89. The van der Waals surface area contributed by atoms with Gasteiger partial charge in [-0.05, 0) is 25.0 Å². The van der Waals surface area contributed by atoms with Gasteiger partial charge in [0.25, 0.3) is 0 Å². The summed E-state index contributed by atoms with van der Waals surface area (Å²) < 4.78 is 0. The summed E-state index contributed by atoms with van der Waals surface area (Å²) in [7, 11) is 0. The van der Waals surface area contributed by atoms with Crippen molar-refractivity contribution in [2.75, 3.05) is 26.2 Å². The van der Waals surface area contributed by atoms with Gasteiger partial charge in [-0.1, -0.05) is 31.5 Å². The molecule has 0 radical (unpaired) electrons. The van der Waals surface area contributed by atoms with Gasteiger partial charge >= 0.3 is 0 Å². The van der Waals surface area contributed by atoms with E-state index < -0.39 is 5.54 Å². The Morgan fingerprint density at radius 1 is 1.15 bits per heavy atom. The first-order valence-electron chi connectivity index (χ1n) is 9.33. The Morgan fingerprint density at radius 3 is 2.50 bits per heavy atom. The average molecular weight is 356 g/mol. The standard InChI is InChI=1S/C20H28N4O2/c1-3-8-20(2,21)19(26)24-11-9-23(10-12-24)18(25)13-15-14-22-17-7-5-4-6-16(15)17/h4-7,14,22H,3,8-13,21H2,1-2H3. The van der Waals surface area contributed by atoms with Crippen molar-refractivity contribution >= 4 is 22.7 Å². The number of amides is 2. The Kier molecular flexibility index (Phi) is 5.32. The van der Waals surface area contributed by atoms with Crippen LogP contribution in [0.15, 0.2) is 30.5 Å². The van der Waals surface area contributed by atoms with E-state index in [-0.39, 0.29) is 11.8 Å². The number of carbonyl (C=O) groups excluding carboxylic acids is 2. The number of carbonyl (C=O) groups is 2. The second kappa shape index (κ2) is 7.50. The van der Waals surface area contributed by atoms with Crippen molar-refractivity contribution in [3.05, 3.63) is 36.0 Å². The summed E-state index contributed by atoms with van der Waals surface area (Å²) in [6.07, 6.45) is 3.84. The molecule has 3 rings (SSSR count). The van der Waals surface area contributed by atoms with Crippen LogP contribution in [0.5, 0.6) is 0 Å². The molecule has 2 aromatic rings. The fourth-order valence-electron chi connectivity index (χ4n) is 3.70. The SMILES string of the molecule is CCCC(C)(N)C(=O)N1CCN(C(=O)Cc2c[nH]c3ccccc23)CC1. The first-order chi connectivity index (χ1) is 12.4. The minimum Gasteiger partial charge on any atom is -0.361 e. The molecule has 1 unspecified atom stereocenters. The summed E-state index contributed by atoms with van der Waals surface area (Å²) in [5.74, 6) is 0.0917. The van der Waals surface area contributed by atoms with Crippen molar-refractivity contribution in [2.24, 2.45) is 5.73 Å². The number of piperazine rings is 1. The smallest absolute Gasteiger partial charge is 0.242 e. The zero-order chi connectivity index (χ0) is 18.7. The number of aromatic amines is 1. The number of nitrogens with one attached hydrogen (secondary N) is 1. The first-order valence-corrected chi connectivity index (χ1v) is 9.33. The fraction of sp³-hybridized carbons (Fsp3) is 0.500. The third-order valence-corrected chi connectivity index (χ3v) is 5.19. The maximum absolute atomic E-state index is 12.7. The highest BCUT2D eigenvalue weighted by Crippen LogP contribution is 2.20. The van der Waals surface area contributed by atoms with E-state index in [0.717, 1.165) is 22.9 Å². The van der Waals surface area contributed by atoms with Gasteiger partial charge in [-0.25, -0.2) is 0 Å². The predicted octanol–water partition coefficient (Wildman–Crippen LogP) is 1.90. The molecule has 140 valence electrons. The second-order valence-electron chi connectivity index (χ2n) is 7.38. The molecule has 1 aromatic carbocycles. The van der Waals surface area contributed by atoms with E-state index in [1.807, 2.05) is 42.3 Å². The van der Waals surface area contributed by atoms with Crippen LogP contribution in [-0.4, -0.2) is 58.3 Å². The van der Waals surface area contributed by atoms with Gasteiger partial charge in [0.2, 0.25) is 11.8 Å². The van der Waals surface area contributed by atoms with Crippen LogP contribution in [0.2, 0.25) is 0 Å². The highest BCUT2D eigenvalue weighted by Gasteiger charge is 2.34. The van der Waals surface area contributed by atoms with Crippen molar-refractivity contribution < 1.29 is 9.59 Å². The van der Waals surface area contributed by atoms with E-state index >= 15 is 0 Å². The zero-order valence-corrected chi connectivity index (χ0v) is 15.6. The van der Waals surface area contributed by atoms with Gasteiger partial charge < -0.3 is 20.5 Å². The van der Waals surface area contributed by atoms with Crippen molar-refractivity contribution in [2.45, 2.75) is 38.6 Å². The molecule has 1 aliphatic heterocycles. The third-order valence-electron chi connectivity index (χ3n) is 5.19. The highest BCUT2D eigenvalue weighted by atomic mass is 16.2. The van der Waals surface area contributed by atoms with E-state index in [1.165, 1.54) is 0 Å². The van der Waals surface area contributed by atoms with E-state index in [9.17, 15) is 9.59 Å². The summed E-state index contributed by atoms with van der Waals surface area (Å²) in [5, 5.41) is 1.09. The Labute approximate surface area is 154 Å². The molecule has 1 atom stereocenters. The second-order valence-corrected chi connectivity index (χ2v) is 7.38. The Hall–Kier alpha value is -2.34. The van der Waals surface area contributed by atoms with E-state index in [4.69, 9.17) is 5.73 Å². The van der Waals surface area contributed by atoms with Crippen molar-refractivity contribution in [1.82, 2.24) is 14.8 Å². The summed E-state index contributed by atoms with van der Waals surface area (Å²) in [6.45, 7) is 6.06. The number of aromatic nitrogens is 1. The molecule has 0 saturated carbocycles. The van der Waals surface area contributed by atoms with Gasteiger partial charge in [0.1, 0.15) is 0 Å². The molecular formula is C20H28N4O2. The quantitative estimate of drug-likeness (QED) is 0.858. The lowest BCUT2D eigenvalue weighted by Gasteiger charge is -2.38. The maximum Gasteiger partial charge on any atom is 0.242 e. The molecule has 0 bridgehead atoms. The average Bonchev–Trinajstić information content (AvgIpc) is 3.04. The number of fused-ring (bicyclic) bond motifs is 1. The van der Waals surface area contributed by atoms with Crippen molar-refractivity contribution in [3.63, 3.8) is 0 Å². The van der Waals surface area contributed by atoms with Crippen LogP contribution in [0, 0.1) is 0 Å². The fourth-order valence-corrected chi connectivity index (χ4v) is 3.70. The molecular weight excluding hydrogens is 328 g/mol. The van der Waals surface area contributed by atoms with Crippen LogP contribution >= 0.6 is 0 Å². The predicted molar refractivity (Wildman–Crippen MR) is 103 cm³/mol. The number of benzene rings is 1. The minimum atomic E-state index is -0.815. The summed E-state index contributed by atoms with van der Waals surface area (Å²) in [6, 6.07) is 7.99. The van der Waals surface area contributed by atoms with Gasteiger partial charge in [-0.2, -0.15) is 0 Å². The lowest BCUT2D eigenvalue weighted by molar-refractivity contribution is -0.142. The number of hydrogen-bond donors (Lipinski definition) is 2. The molecule has 26 heavy (non-hydrogen) atoms. The van der Waals surface area contributed by atoms with E-state index in [2.05, 4.69) is 4.98 Å². The molecule has 2 amide bonds. The Morgan fingerprint density at radius 2 is 1.81 bits per heavy atom. The van der Waals surface area contributed by atoms with Gasteiger partial charge in [0, 0.05) is 43.3 Å². The molecule has 0 spiro atoms. The molecule has 6 heteroatoms. The molecule has 2 heterocycles. The van der Waals surface area contributed by atoms with Crippen LogP contribution in [-0.2, 0) is 16.0 Å². The number of para-hydroxylation sites is 1. The maximum atomic E-state index is 12.7. The normalized spacial score (nSPS) is 17.3. The molecule has 1 aromatic heterocycles.